The van der Waals surface area contributed by atoms with Crippen LogP contribution in [0.1, 0.15) is 18.4 Å². The van der Waals surface area contributed by atoms with Gasteiger partial charge in [0, 0.05) is 0 Å². The first-order chi connectivity index (χ1) is 10.5. The van der Waals surface area contributed by atoms with Crippen LogP contribution >= 0.6 is 11.8 Å². The summed E-state index contributed by atoms with van der Waals surface area (Å²) in [6.45, 7) is 0. The predicted molar refractivity (Wildman–Crippen MR) is 82.1 cm³/mol. The summed E-state index contributed by atoms with van der Waals surface area (Å²) in [6, 6.07) is 6.29. The fourth-order valence-corrected chi connectivity index (χ4v) is 3.20. The van der Waals surface area contributed by atoms with Crippen molar-refractivity contribution in [1.82, 2.24) is 5.32 Å². The summed E-state index contributed by atoms with van der Waals surface area (Å²) in [5.41, 5.74) is 2.03. The highest BCUT2D eigenvalue weighted by Crippen LogP contribution is 2.37. The van der Waals surface area contributed by atoms with Gasteiger partial charge in [0.25, 0.3) is 11.8 Å². The van der Waals surface area contributed by atoms with Crippen molar-refractivity contribution < 1.29 is 19.1 Å². The molecule has 0 atom stereocenters. The number of allylic oxidation sites excluding steroid dienone is 4. The zero-order valence-electron chi connectivity index (χ0n) is 11.4. The maximum Gasteiger partial charge on any atom is 0.294 e. The standard InChI is InChI=1S/C16H12FNO3S/c17-11-5-1-9(2-6-11)10-3-7-12(8-4-10)22-14-13(19)15(20)18-16(14)21/h1-3,5-7H,4,8H2,(H2,18,19,20,21). The Morgan fingerprint density at radius 2 is 1.77 bits per heavy atom. The average molecular weight is 317 g/mol. The van der Waals surface area contributed by atoms with Crippen LogP contribution in [0.3, 0.4) is 0 Å². The number of carbonyl (C=O) groups is 2. The fourth-order valence-electron chi connectivity index (χ4n) is 2.26. The molecule has 1 aliphatic carbocycles. The van der Waals surface area contributed by atoms with Gasteiger partial charge in [-0.1, -0.05) is 36.0 Å². The van der Waals surface area contributed by atoms with Crippen molar-refractivity contribution in [3.05, 3.63) is 63.4 Å². The molecule has 1 aliphatic heterocycles. The minimum absolute atomic E-state index is 0.0369. The van der Waals surface area contributed by atoms with Crippen molar-refractivity contribution in [1.29, 1.82) is 0 Å². The molecule has 1 aromatic rings. The van der Waals surface area contributed by atoms with E-state index in [4.69, 9.17) is 0 Å². The van der Waals surface area contributed by atoms with Gasteiger partial charge in [-0.2, -0.15) is 0 Å². The van der Waals surface area contributed by atoms with Crippen molar-refractivity contribution >= 4 is 29.1 Å². The van der Waals surface area contributed by atoms with Crippen molar-refractivity contribution in [3.8, 4) is 0 Å². The van der Waals surface area contributed by atoms with Gasteiger partial charge in [-0.3, -0.25) is 14.9 Å². The largest absolute Gasteiger partial charge is 0.502 e. The Hall–Kier alpha value is -2.34. The lowest BCUT2D eigenvalue weighted by molar-refractivity contribution is -0.124. The van der Waals surface area contributed by atoms with E-state index < -0.39 is 17.6 Å². The number of rotatable bonds is 3. The Morgan fingerprint density at radius 3 is 2.32 bits per heavy atom. The Labute approximate surface area is 130 Å². The molecule has 1 aromatic carbocycles. The molecule has 2 N–H and O–H groups in total. The maximum atomic E-state index is 12.9. The Balaban J connectivity index is 1.77. The van der Waals surface area contributed by atoms with Gasteiger partial charge >= 0.3 is 0 Å². The van der Waals surface area contributed by atoms with Gasteiger partial charge in [0.05, 0.1) is 0 Å². The predicted octanol–water partition coefficient (Wildman–Crippen LogP) is 3.05. The van der Waals surface area contributed by atoms with Crippen LogP contribution < -0.4 is 5.32 Å². The summed E-state index contributed by atoms with van der Waals surface area (Å²) in [5.74, 6) is -2.12. The Bertz CT molecular complexity index is 747. The van der Waals surface area contributed by atoms with Gasteiger partial charge in [0.1, 0.15) is 10.7 Å². The van der Waals surface area contributed by atoms with Crippen LogP contribution in [0.4, 0.5) is 4.39 Å². The maximum absolute atomic E-state index is 12.9. The third kappa shape index (κ3) is 2.82. The third-order valence-electron chi connectivity index (χ3n) is 3.42. The Kier molecular flexibility index (Phi) is 3.85. The normalized spacial score (nSPS) is 18.2. The van der Waals surface area contributed by atoms with Crippen molar-refractivity contribution in [2.45, 2.75) is 12.8 Å². The van der Waals surface area contributed by atoms with Gasteiger partial charge in [-0.15, -0.1) is 0 Å². The first-order valence-electron chi connectivity index (χ1n) is 6.67. The van der Waals surface area contributed by atoms with Crippen molar-refractivity contribution in [2.75, 3.05) is 0 Å². The lowest BCUT2D eigenvalue weighted by Crippen LogP contribution is -2.22. The van der Waals surface area contributed by atoms with Gasteiger partial charge in [0.2, 0.25) is 5.76 Å². The number of aliphatic hydroxyl groups excluding tert-OH is 1. The molecule has 0 saturated carbocycles. The minimum atomic E-state index is -0.758. The number of hydrogen-bond donors (Lipinski definition) is 2. The number of aliphatic hydroxyl groups is 1. The van der Waals surface area contributed by atoms with E-state index in [1.165, 1.54) is 12.1 Å². The summed E-state index contributed by atoms with van der Waals surface area (Å²) in [7, 11) is 0. The molecule has 2 aliphatic rings. The number of carbonyl (C=O) groups excluding carboxylic acids is 2. The molecule has 4 nitrogen and oxygen atoms in total. The van der Waals surface area contributed by atoms with Crippen molar-refractivity contribution in [2.24, 2.45) is 0 Å². The molecular formula is C16H12FNO3S. The first kappa shape index (κ1) is 14.6. The molecule has 0 bridgehead atoms. The highest BCUT2D eigenvalue weighted by Gasteiger charge is 2.31. The van der Waals surface area contributed by atoms with Crippen LogP contribution in [-0.2, 0) is 9.59 Å². The van der Waals surface area contributed by atoms with E-state index in [1.807, 2.05) is 17.5 Å². The average Bonchev–Trinajstić information content (AvgIpc) is 2.75. The number of imide groups is 1. The highest BCUT2D eigenvalue weighted by atomic mass is 32.2. The summed E-state index contributed by atoms with van der Waals surface area (Å²) < 4.78 is 12.9. The molecule has 6 heteroatoms. The van der Waals surface area contributed by atoms with Crippen LogP contribution in [0.2, 0.25) is 0 Å². The second-order valence-corrected chi connectivity index (χ2v) is 6.03. The number of nitrogens with one attached hydrogen (secondary N) is 1. The Morgan fingerprint density at radius 1 is 1.05 bits per heavy atom. The van der Waals surface area contributed by atoms with Gasteiger partial charge in [-0.25, -0.2) is 4.39 Å². The van der Waals surface area contributed by atoms with E-state index in [2.05, 4.69) is 0 Å². The fraction of sp³-hybridized carbons (Fsp3) is 0.125. The van der Waals surface area contributed by atoms with Crippen LogP contribution in [0.5, 0.6) is 0 Å². The van der Waals surface area contributed by atoms with E-state index in [9.17, 15) is 19.1 Å². The van der Waals surface area contributed by atoms with Crippen molar-refractivity contribution in [3.63, 3.8) is 0 Å². The smallest absolute Gasteiger partial charge is 0.294 e. The molecule has 112 valence electrons. The number of hydrogen-bond acceptors (Lipinski definition) is 4. The monoisotopic (exact) mass is 317 g/mol. The number of halogens is 1. The molecule has 0 radical (unpaired) electrons. The van der Waals surface area contributed by atoms with E-state index >= 15 is 0 Å². The highest BCUT2D eigenvalue weighted by molar-refractivity contribution is 8.07. The van der Waals surface area contributed by atoms with E-state index in [0.29, 0.717) is 6.42 Å². The SMILES string of the molecule is O=C1NC(=O)C(SC2=CC=C(c3ccc(F)cc3)CC2)=C1O. The zero-order chi connectivity index (χ0) is 15.7. The topological polar surface area (TPSA) is 66.4 Å². The van der Waals surface area contributed by atoms with Gasteiger partial charge < -0.3 is 5.11 Å². The second kappa shape index (κ2) is 5.81. The quantitative estimate of drug-likeness (QED) is 0.841. The van der Waals surface area contributed by atoms with E-state index in [-0.39, 0.29) is 10.7 Å². The summed E-state index contributed by atoms with van der Waals surface area (Å²) in [5, 5.41) is 11.6. The van der Waals surface area contributed by atoms with E-state index in [1.54, 1.807) is 12.1 Å². The second-order valence-electron chi connectivity index (χ2n) is 4.89. The molecule has 0 spiro atoms. The molecule has 0 saturated heterocycles. The number of benzene rings is 1. The van der Waals surface area contributed by atoms with Crippen LogP contribution in [0.15, 0.2) is 52.0 Å². The molecule has 2 amide bonds. The molecule has 1 heterocycles. The van der Waals surface area contributed by atoms with Crippen LogP contribution in [0.25, 0.3) is 5.57 Å². The molecule has 22 heavy (non-hydrogen) atoms. The molecule has 3 rings (SSSR count). The summed E-state index contributed by atoms with van der Waals surface area (Å²) in [6.07, 6.45) is 5.19. The third-order valence-corrected chi connectivity index (χ3v) is 4.61. The van der Waals surface area contributed by atoms with Crippen LogP contribution in [-0.4, -0.2) is 16.9 Å². The molecule has 0 unspecified atom stereocenters. The number of thioether (sulfide) groups is 1. The molecular weight excluding hydrogens is 305 g/mol. The molecule has 0 aromatic heterocycles. The summed E-state index contributed by atoms with van der Waals surface area (Å²) >= 11 is 1.10. The van der Waals surface area contributed by atoms with E-state index in [0.717, 1.165) is 34.2 Å². The first-order valence-corrected chi connectivity index (χ1v) is 7.48. The summed E-state index contributed by atoms with van der Waals surface area (Å²) in [4.78, 5) is 23.6. The zero-order valence-corrected chi connectivity index (χ0v) is 12.2. The van der Waals surface area contributed by atoms with Gasteiger partial charge in [-0.05, 0) is 41.0 Å². The van der Waals surface area contributed by atoms with Crippen LogP contribution in [0, 0.1) is 5.82 Å². The minimum Gasteiger partial charge on any atom is -0.502 e. The van der Waals surface area contributed by atoms with Gasteiger partial charge in [0.15, 0.2) is 0 Å². The lowest BCUT2D eigenvalue weighted by Gasteiger charge is -2.14. The lowest BCUT2D eigenvalue weighted by atomic mass is 9.97. The molecule has 0 fully saturated rings. The number of amides is 2.